The number of piperidine rings is 1. The van der Waals surface area contributed by atoms with Gasteiger partial charge in [-0.25, -0.2) is 4.79 Å². The van der Waals surface area contributed by atoms with E-state index in [0.717, 1.165) is 48.2 Å². The van der Waals surface area contributed by atoms with Crippen LogP contribution in [0.2, 0.25) is 0 Å². The van der Waals surface area contributed by atoms with Crippen LogP contribution in [0.3, 0.4) is 0 Å². The van der Waals surface area contributed by atoms with E-state index in [1.54, 1.807) is 0 Å². The van der Waals surface area contributed by atoms with Crippen LogP contribution in [0.5, 0.6) is 0 Å². The second kappa shape index (κ2) is 9.54. The molecule has 0 bridgehead atoms. The Balaban J connectivity index is 1.27. The van der Waals surface area contributed by atoms with Gasteiger partial charge in [0.15, 0.2) is 0 Å². The van der Waals surface area contributed by atoms with Crippen LogP contribution >= 0.6 is 0 Å². The van der Waals surface area contributed by atoms with E-state index >= 15 is 0 Å². The van der Waals surface area contributed by atoms with Gasteiger partial charge in [0.1, 0.15) is 12.6 Å². The van der Waals surface area contributed by atoms with Crippen LogP contribution in [-0.2, 0) is 9.53 Å². The molecule has 1 fully saturated rings. The van der Waals surface area contributed by atoms with Gasteiger partial charge in [-0.05, 0) is 46.7 Å². The zero-order valence-electron chi connectivity index (χ0n) is 18.8. The molecule has 1 saturated heterocycles. The minimum absolute atomic E-state index is 0.0677. The smallest absolute Gasteiger partial charge is 0.407 e. The minimum atomic E-state index is -0.862. The van der Waals surface area contributed by atoms with Crippen LogP contribution in [0.15, 0.2) is 53.1 Å². The van der Waals surface area contributed by atoms with Crippen LogP contribution in [0.25, 0.3) is 11.1 Å². The SMILES string of the molecule is NC(=O)C[C@H](NC(=O)OCC1c2ccccc2-c2ccccc21)c1nc(N2CCCCC2)no1. The average Bonchev–Trinajstić information content (AvgIpc) is 3.46. The first-order chi connectivity index (χ1) is 16.6. The Bertz CT molecular complexity index is 1140. The van der Waals surface area contributed by atoms with Crippen molar-refractivity contribution in [1.29, 1.82) is 0 Å². The fourth-order valence-electron chi connectivity index (χ4n) is 4.77. The fourth-order valence-corrected chi connectivity index (χ4v) is 4.77. The third kappa shape index (κ3) is 4.46. The number of hydrogen-bond acceptors (Lipinski definition) is 7. The maximum Gasteiger partial charge on any atom is 0.407 e. The number of rotatable bonds is 7. The quantitative estimate of drug-likeness (QED) is 0.552. The molecule has 1 aliphatic heterocycles. The number of carbonyl (C=O) groups is 2. The Morgan fingerprint density at radius 2 is 1.71 bits per heavy atom. The number of carbonyl (C=O) groups excluding carboxylic acids is 2. The predicted molar refractivity (Wildman–Crippen MR) is 125 cm³/mol. The Hall–Kier alpha value is -3.88. The monoisotopic (exact) mass is 461 g/mol. The molecule has 9 heteroatoms. The maximum absolute atomic E-state index is 12.7. The summed E-state index contributed by atoms with van der Waals surface area (Å²) in [6.45, 7) is 1.85. The molecule has 0 spiro atoms. The number of aromatic nitrogens is 2. The highest BCUT2D eigenvalue weighted by atomic mass is 16.5. The van der Waals surface area contributed by atoms with Crippen LogP contribution in [0, 0.1) is 0 Å². The number of benzene rings is 2. The normalized spacial score (nSPS) is 15.9. The van der Waals surface area contributed by atoms with Crippen molar-refractivity contribution in [3.05, 3.63) is 65.5 Å². The summed E-state index contributed by atoms with van der Waals surface area (Å²) in [6, 6.07) is 15.4. The van der Waals surface area contributed by atoms with E-state index < -0.39 is 18.0 Å². The Kier molecular flexibility index (Phi) is 6.16. The number of amides is 2. The maximum atomic E-state index is 12.7. The highest BCUT2D eigenvalue weighted by molar-refractivity contribution is 5.79. The summed E-state index contributed by atoms with van der Waals surface area (Å²) in [5.74, 6) is -0.0742. The van der Waals surface area contributed by atoms with Crippen molar-refractivity contribution >= 4 is 17.9 Å². The van der Waals surface area contributed by atoms with Crippen LogP contribution in [-0.4, -0.2) is 41.8 Å². The molecule has 34 heavy (non-hydrogen) atoms. The third-order valence-electron chi connectivity index (χ3n) is 6.41. The van der Waals surface area contributed by atoms with E-state index in [0.29, 0.717) is 5.95 Å². The molecule has 176 valence electrons. The van der Waals surface area contributed by atoms with E-state index in [4.69, 9.17) is 15.0 Å². The molecule has 2 heterocycles. The Morgan fingerprint density at radius 3 is 2.35 bits per heavy atom. The summed E-state index contributed by atoms with van der Waals surface area (Å²) in [5, 5.41) is 6.71. The van der Waals surface area contributed by atoms with Crippen molar-refractivity contribution in [3.8, 4) is 11.1 Å². The van der Waals surface area contributed by atoms with Crippen molar-refractivity contribution in [3.63, 3.8) is 0 Å². The molecule has 9 nitrogen and oxygen atoms in total. The Labute approximate surface area is 197 Å². The van der Waals surface area contributed by atoms with Crippen LogP contribution in [0.1, 0.15) is 54.7 Å². The van der Waals surface area contributed by atoms with Gasteiger partial charge in [-0.2, -0.15) is 4.98 Å². The summed E-state index contributed by atoms with van der Waals surface area (Å²) >= 11 is 0. The van der Waals surface area contributed by atoms with Crippen molar-refractivity contribution in [2.45, 2.75) is 37.6 Å². The lowest BCUT2D eigenvalue weighted by atomic mass is 9.98. The van der Waals surface area contributed by atoms with Crippen molar-refractivity contribution in [2.24, 2.45) is 5.73 Å². The van der Waals surface area contributed by atoms with Crippen molar-refractivity contribution in [1.82, 2.24) is 15.5 Å². The summed E-state index contributed by atoms with van der Waals surface area (Å²) in [6.07, 6.45) is 2.45. The molecule has 3 aromatic rings. The molecular formula is C25H27N5O4. The number of nitrogens with one attached hydrogen (secondary N) is 1. The van der Waals surface area contributed by atoms with Gasteiger partial charge in [0.25, 0.3) is 11.8 Å². The zero-order chi connectivity index (χ0) is 23.5. The molecule has 1 aliphatic carbocycles. The van der Waals surface area contributed by atoms with Crippen molar-refractivity contribution in [2.75, 3.05) is 24.6 Å². The highest BCUT2D eigenvalue weighted by Gasteiger charge is 2.30. The number of ether oxygens (including phenoxy) is 1. The lowest BCUT2D eigenvalue weighted by Gasteiger charge is -2.24. The highest BCUT2D eigenvalue weighted by Crippen LogP contribution is 2.44. The molecule has 5 rings (SSSR count). The van der Waals surface area contributed by atoms with Gasteiger partial charge in [0.2, 0.25) is 5.91 Å². The van der Waals surface area contributed by atoms with Gasteiger partial charge >= 0.3 is 6.09 Å². The topological polar surface area (TPSA) is 124 Å². The van der Waals surface area contributed by atoms with E-state index in [9.17, 15) is 9.59 Å². The van der Waals surface area contributed by atoms with E-state index in [2.05, 4.69) is 39.7 Å². The third-order valence-corrected chi connectivity index (χ3v) is 6.41. The summed E-state index contributed by atoms with van der Waals surface area (Å²) in [4.78, 5) is 30.8. The Morgan fingerprint density at radius 1 is 1.06 bits per heavy atom. The molecule has 0 saturated carbocycles. The van der Waals surface area contributed by atoms with Gasteiger partial charge in [-0.15, -0.1) is 0 Å². The zero-order valence-corrected chi connectivity index (χ0v) is 18.8. The first-order valence-electron chi connectivity index (χ1n) is 11.6. The molecule has 1 atom stereocenters. The van der Waals surface area contributed by atoms with Gasteiger partial charge in [-0.3, -0.25) is 4.79 Å². The summed E-state index contributed by atoms with van der Waals surface area (Å²) in [5.41, 5.74) is 9.94. The van der Waals surface area contributed by atoms with E-state index in [1.165, 1.54) is 6.42 Å². The van der Waals surface area contributed by atoms with Crippen LogP contribution in [0.4, 0.5) is 10.7 Å². The minimum Gasteiger partial charge on any atom is -0.449 e. The number of alkyl carbamates (subject to hydrolysis) is 1. The number of hydrogen-bond donors (Lipinski definition) is 2. The fraction of sp³-hybridized carbons (Fsp3) is 0.360. The molecule has 1 aromatic heterocycles. The second-order valence-corrected chi connectivity index (χ2v) is 8.67. The van der Waals surface area contributed by atoms with Crippen LogP contribution < -0.4 is 16.0 Å². The summed E-state index contributed by atoms with van der Waals surface area (Å²) in [7, 11) is 0. The van der Waals surface area contributed by atoms with Gasteiger partial charge in [0, 0.05) is 19.0 Å². The first kappa shape index (κ1) is 21.9. The predicted octanol–water partition coefficient (Wildman–Crippen LogP) is 3.52. The van der Waals surface area contributed by atoms with Gasteiger partial charge in [-0.1, -0.05) is 48.5 Å². The second-order valence-electron chi connectivity index (χ2n) is 8.67. The largest absolute Gasteiger partial charge is 0.449 e. The van der Waals surface area contributed by atoms with Gasteiger partial charge < -0.3 is 25.2 Å². The van der Waals surface area contributed by atoms with Gasteiger partial charge in [0.05, 0.1) is 6.42 Å². The number of nitrogens with zero attached hydrogens (tertiary/aromatic N) is 3. The number of nitrogens with two attached hydrogens (primary N) is 1. The lowest BCUT2D eigenvalue weighted by Crippen LogP contribution is -2.33. The molecular weight excluding hydrogens is 434 g/mol. The standard InChI is InChI=1S/C25H27N5O4/c26-22(31)14-21(23-28-24(29-34-23)30-12-6-1-7-13-30)27-25(32)33-15-20-18-10-4-2-8-16(18)17-9-3-5-11-19(17)20/h2-5,8-11,20-21H,1,6-7,12-15H2,(H2,26,31)(H,27,32)/t21-/m0/s1. The number of primary amides is 1. The first-order valence-corrected chi connectivity index (χ1v) is 11.6. The summed E-state index contributed by atoms with van der Waals surface area (Å²) < 4.78 is 11.0. The van der Waals surface area contributed by atoms with Crippen molar-refractivity contribution < 1.29 is 18.8 Å². The van der Waals surface area contributed by atoms with E-state index in [1.807, 2.05) is 29.2 Å². The molecule has 0 radical (unpaired) electrons. The molecule has 3 N–H and O–H groups in total. The number of anilines is 1. The molecule has 2 aliphatic rings. The van der Waals surface area contributed by atoms with E-state index in [-0.39, 0.29) is 24.8 Å². The molecule has 2 amide bonds. The number of fused-ring (bicyclic) bond motifs is 3. The lowest BCUT2D eigenvalue weighted by molar-refractivity contribution is -0.118. The average molecular weight is 462 g/mol. The molecule has 2 aromatic carbocycles. The molecule has 0 unspecified atom stereocenters.